The summed E-state index contributed by atoms with van der Waals surface area (Å²) in [5.74, 6) is 0.217. The first-order valence-corrected chi connectivity index (χ1v) is 6.01. The maximum atomic E-state index is 12.9. The number of fused-ring (bicyclic) bond motifs is 1. The van der Waals surface area contributed by atoms with Gasteiger partial charge in [-0.15, -0.1) is 0 Å². The average molecular weight is 257 g/mol. The molecule has 1 unspecified atom stereocenters. The van der Waals surface area contributed by atoms with Gasteiger partial charge in [0, 0.05) is 0 Å². The van der Waals surface area contributed by atoms with Gasteiger partial charge in [-0.05, 0) is 42.3 Å². The van der Waals surface area contributed by atoms with Gasteiger partial charge in [-0.2, -0.15) is 0 Å². The Balaban J connectivity index is 2.00. The monoisotopic (exact) mass is 257 g/mol. The predicted molar refractivity (Wildman–Crippen MR) is 70.6 cm³/mol. The smallest absolute Gasteiger partial charge is 0.265 e. The Kier molecular flexibility index (Phi) is 2.71. The van der Waals surface area contributed by atoms with Gasteiger partial charge in [0.25, 0.3) is 5.91 Å². The first kappa shape index (κ1) is 11.7. The molecule has 0 aliphatic carbocycles. The lowest BCUT2D eigenvalue weighted by atomic mass is 10.0. The van der Waals surface area contributed by atoms with Gasteiger partial charge in [0.05, 0.1) is 5.69 Å². The number of rotatable bonds is 1. The maximum Gasteiger partial charge on any atom is 0.265 e. The van der Waals surface area contributed by atoms with Crippen molar-refractivity contribution in [3.05, 3.63) is 48.3 Å². The van der Waals surface area contributed by atoms with Gasteiger partial charge in [-0.25, -0.2) is 4.39 Å². The topological polar surface area (TPSA) is 38.3 Å². The normalized spacial score (nSPS) is 17.4. The van der Waals surface area contributed by atoms with Crippen molar-refractivity contribution >= 4 is 11.6 Å². The Labute approximate surface area is 110 Å². The molecule has 0 spiro atoms. The fourth-order valence-corrected chi connectivity index (χ4v) is 2.03. The van der Waals surface area contributed by atoms with Crippen LogP contribution in [0.2, 0.25) is 0 Å². The van der Waals surface area contributed by atoms with Crippen LogP contribution in [-0.2, 0) is 4.79 Å². The van der Waals surface area contributed by atoms with Crippen molar-refractivity contribution in [1.82, 2.24) is 0 Å². The van der Waals surface area contributed by atoms with Crippen molar-refractivity contribution in [2.24, 2.45) is 0 Å². The lowest BCUT2D eigenvalue weighted by molar-refractivity contribution is -0.122. The van der Waals surface area contributed by atoms with Gasteiger partial charge in [0.2, 0.25) is 0 Å². The van der Waals surface area contributed by atoms with Gasteiger partial charge < -0.3 is 10.1 Å². The number of nitrogens with one attached hydrogen (secondary N) is 1. The summed E-state index contributed by atoms with van der Waals surface area (Å²) in [6.45, 7) is 1.70. The third kappa shape index (κ3) is 2.17. The van der Waals surface area contributed by atoms with Crippen LogP contribution in [0.1, 0.15) is 6.92 Å². The summed E-state index contributed by atoms with van der Waals surface area (Å²) in [5, 5.41) is 2.79. The first-order valence-electron chi connectivity index (χ1n) is 6.01. The van der Waals surface area contributed by atoms with Crippen LogP contribution in [0.3, 0.4) is 0 Å². The minimum atomic E-state index is -0.482. The van der Waals surface area contributed by atoms with E-state index >= 15 is 0 Å². The molecule has 1 aliphatic heterocycles. The van der Waals surface area contributed by atoms with E-state index in [1.54, 1.807) is 19.1 Å². The molecule has 1 heterocycles. The summed E-state index contributed by atoms with van der Waals surface area (Å²) < 4.78 is 18.4. The third-order valence-electron chi connectivity index (χ3n) is 3.09. The van der Waals surface area contributed by atoms with E-state index in [9.17, 15) is 9.18 Å². The lowest BCUT2D eigenvalue weighted by Crippen LogP contribution is -2.34. The summed E-state index contributed by atoms with van der Waals surface area (Å²) in [4.78, 5) is 11.6. The van der Waals surface area contributed by atoms with Gasteiger partial charge in [0.15, 0.2) is 6.10 Å². The number of hydrogen-bond acceptors (Lipinski definition) is 2. The minimum absolute atomic E-state index is 0.163. The first-order chi connectivity index (χ1) is 9.13. The van der Waals surface area contributed by atoms with Crippen LogP contribution < -0.4 is 10.1 Å². The highest BCUT2D eigenvalue weighted by Gasteiger charge is 2.23. The maximum absolute atomic E-state index is 12.9. The highest BCUT2D eigenvalue weighted by molar-refractivity contribution is 5.98. The zero-order chi connectivity index (χ0) is 13.4. The third-order valence-corrected chi connectivity index (χ3v) is 3.09. The lowest BCUT2D eigenvalue weighted by Gasteiger charge is -2.23. The Morgan fingerprint density at radius 3 is 2.53 bits per heavy atom. The number of ether oxygens (including phenoxy) is 1. The molecule has 2 aromatic rings. The molecule has 1 aliphatic rings. The SMILES string of the molecule is CC1Oc2ccc(-c3ccc(F)cc3)cc2NC1=O. The van der Waals surface area contributed by atoms with E-state index in [0.717, 1.165) is 11.1 Å². The van der Waals surface area contributed by atoms with Crippen molar-refractivity contribution < 1.29 is 13.9 Å². The average Bonchev–Trinajstić information content (AvgIpc) is 2.40. The summed E-state index contributed by atoms with van der Waals surface area (Å²) in [6.07, 6.45) is -0.482. The molecule has 3 rings (SSSR count). The quantitative estimate of drug-likeness (QED) is 0.851. The molecule has 4 heteroatoms. The Hall–Kier alpha value is -2.36. The van der Waals surface area contributed by atoms with Crippen LogP contribution in [0.4, 0.5) is 10.1 Å². The molecule has 0 saturated carbocycles. The largest absolute Gasteiger partial charge is 0.479 e. The number of carbonyl (C=O) groups excluding carboxylic acids is 1. The minimum Gasteiger partial charge on any atom is -0.479 e. The number of anilines is 1. The van der Waals surface area contributed by atoms with E-state index in [4.69, 9.17) is 4.74 Å². The molecule has 19 heavy (non-hydrogen) atoms. The van der Waals surface area contributed by atoms with E-state index in [2.05, 4.69) is 5.32 Å². The zero-order valence-corrected chi connectivity index (χ0v) is 10.3. The van der Waals surface area contributed by atoms with Gasteiger partial charge >= 0.3 is 0 Å². The van der Waals surface area contributed by atoms with Crippen LogP contribution in [0.25, 0.3) is 11.1 Å². The van der Waals surface area contributed by atoms with Crippen molar-refractivity contribution in [2.45, 2.75) is 13.0 Å². The summed E-state index contributed by atoms with van der Waals surface area (Å²) in [7, 11) is 0. The molecule has 1 atom stereocenters. The van der Waals surface area contributed by atoms with Gasteiger partial charge in [-0.1, -0.05) is 18.2 Å². The molecule has 0 fully saturated rings. The number of amides is 1. The molecule has 2 aromatic carbocycles. The van der Waals surface area contributed by atoms with Crippen molar-refractivity contribution in [2.75, 3.05) is 5.32 Å². The van der Waals surface area contributed by atoms with Crippen molar-refractivity contribution in [3.8, 4) is 16.9 Å². The summed E-state index contributed by atoms with van der Waals surface area (Å²) in [5.41, 5.74) is 2.43. The van der Waals surface area contributed by atoms with Gasteiger partial charge in [-0.3, -0.25) is 4.79 Å². The number of halogens is 1. The second kappa shape index (κ2) is 4.39. The fraction of sp³-hybridized carbons (Fsp3) is 0.133. The van der Waals surface area contributed by atoms with Crippen LogP contribution in [-0.4, -0.2) is 12.0 Å². The molecule has 0 radical (unpaired) electrons. The highest BCUT2D eigenvalue weighted by atomic mass is 19.1. The van der Waals surface area contributed by atoms with Crippen LogP contribution in [0, 0.1) is 5.82 Å². The predicted octanol–water partition coefficient (Wildman–Crippen LogP) is 3.21. The van der Waals surface area contributed by atoms with E-state index in [-0.39, 0.29) is 11.7 Å². The Morgan fingerprint density at radius 2 is 1.79 bits per heavy atom. The molecule has 3 nitrogen and oxygen atoms in total. The van der Waals surface area contributed by atoms with Crippen LogP contribution in [0.15, 0.2) is 42.5 Å². The molecule has 0 saturated heterocycles. The van der Waals surface area contributed by atoms with Crippen molar-refractivity contribution in [3.63, 3.8) is 0 Å². The number of carbonyl (C=O) groups is 1. The Morgan fingerprint density at radius 1 is 1.11 bits per heavy atom. The number of hydrogen-bond donors (Lipinski definition) is 1. The second-order valence-electron chi connectivity index (χ2n) is 4.47. The fourth-order valence-electron chi connectivity index (χ4n) is 2.03. The summed E-state index contributed by atoms with van der Waals surface area (Å²) in [6, 6.07) is 11.7. The molecule has 1 N–H and O–H groups in total. The number of benzene rings is 2. The van der Waals surface area contributed by atoms with E-state index in [0.29, 0.717) is 11.4 Å². The molecular weight excluding hydrogens is 245 g/mol. The van der Waals surface area contributed by atoms with Gasteiger partial charge in [0.1, 0.15) is 11.6 Å². The molecule has 1 amide bonds. The van der Waals surface area contributed by atoms with Crippen molar-refractivity contribution in [1.29, 1.82) is 0 Å². The second-order valence-corrected chi connectivity index (χ2v) is 4.47. The van der Waals surface area contributed by atoms with Crippen LogP contribution in [0.5, 0.6) is 5.75 Å². The summed E-state index contributed by atoms with van der Waals surface area (Å²) >= 11 is 0. The van der Waals surface area contributed by atoms with Crippen LogP contribution >= 0.6 is 0 Å². The van der Waals surface area contributed by atoms with E-state index in [1.807, 2.05) is 18.2 Å². The molecule has 0 aromatic heterocycles. The Bertz CT molecular complexity index is 637. The van der Waals surface area contributed by atoms with E-state index < -0.39 is 6.10 Å². The zero-order valence-electron chi connectivity index (χ0n) is 10.3. The standard InChI is InChI=1S/C15H12FNO2/c1-9-15(18)17-13-8-11(4-7-14(13)19-9)10-2-5-12(16)6-3-10/h2-9H,1H3,(H,17,18). The molecule has 0 bridgehead atoms. The molecule has 96 valence electrons. The highest BCUT2D eigenvalue weighted by Crippen LogP contribution is 2.33. The van der Waals surface area contributed by atoms with E-state index in [1.165, 1.54) is 12.1 Å². The molecular formula is C15H12FNO2.